The molecule has 0 aliphatic carbocycles. The van der Waals surface area contributed by atoms with Crippen molar-refractivity contribution in [2.45, 2.75) is 19.6 Å². The quantitative estimate of drug-likeness (QED) is 0.947. The molecular formula is C15H12F3NO3. The number of halogens is 3. The van der Waals surface area contributed by atoms with Crippen molar-refractivity contribution < 1.29 is 23.1 Å². The molecule has 22 heavy (non-hydrogen) atoms. The van der Waals surface area contributed by atoms with Gasteiger partial charge in [-0.25, -0.2) is 4.79 Å². The Morgan fingerprint density at radius 1 is 1.18 bits per heavy atom. The predicted octanol–water partition coefficient (Wildman–Crippen LogP) is 3.08. The first-order chi connectivity index (χ1) is 10.2. The summed E-state index contributed by atoms with van der Waals surface area (Å²) in [4.78, 5) is 23.2. The summed E-state index contributed by atoms with van der Waals surface area (Å²) in [7, 11) is 0. The Balaban J connectivity index is 2.64. The van der Waals surface area contributed by atoms with E-state index in [0.717, 1.165) is 11.8 Å². The van der Waals surface area contributed by atoms with Crippen LogP contribution >= 0.6 is 0 Å². The smallest absolute Gasteiger partial charge is 0.406 e. The van der Waals surface area contributed by atoms with E-state index in [1.165, 1.54) is 0 Å². The average Bonchev–Trinajstić information content (AvgIpc) is 2.39. The van der Waals surface area contributed by atoms with Crippen molar-refractivity contribution >= 4 is 5.97 Å². The molecule has 0 saturated carbocycles. The van der Waals surface area contributed by atoms with Gasteiger partial charge in [-0.05, 0) is 12.5 Å². The van der Waals surface area contributed by atoms with Gasteiger partial charge in [0.25, 0.3) is 0 Å². The highest BCUT2D eigenvalue weighted by Crippen LogP contribution is 2.21. The minimum absolute atomic E-state index is 0.0795. The summed E-state index contributed by atoms with van der Waals surface area (Å²) in [5.41, 5.74) is -0.301. The molecule has 2 aromatic rings. The standard InChI is InChI=1S/C15H12F3NO3/c1-9-2-4-10(5-3-9)11-6-19(8-15(16,17)18)7-12(13(11)20)14(21)22/h2-7H,8H2,1H3,(H,21,22). The van der Waals surface area contributed by atoms with Crippen LogP contribution in [0, 0.1) is 6.92 Å². The molecule has 0 radical (unpaired) electrons. The van der Waals surface area contributed by atoms with Crippen LogP contribution < -0.4 is 5.43 Å². The van der Waals surface area contributed by atoms with Gasteiger partial charge < -0.3 is 9.67 Å². The monoisotopic (exact) mass is 311 g/mol. The molecule has 116 valence electrons. The average molecular weight is 311 g/mol. The van der Waals surface area contributed by atoms with Crippen LogP contribution in [0.4, 0.5) is 13.2 Å². The van der Waals surface area contributed by atoms with Crippen molar-refractivity contribution in [1.29, 1.82) is 0 Å². The second kappa shape index (κ2) is 5.67. The zero-order valence-electron chi connectivity index (χ0n) is 11.5. The number of pyridine rings is 1. The fourth-order valence-electron chi connectivity index (χ4n) is 2.02. The molecule has 0 aliphatic heterocycles. The zero-order chi connectivity index (χ0) is 16.5. The number of rotatable bonds is 3. The van der Waals surface area contributed by atoms with Gasteiger partial charge in [-0.15, -0.1) is 0 Å². The Morgan fingerprint density at radius 2 is 1.77 bits per heavy atom. The number of benzene rings is 1. The van der Waals surface area contributed by atoms with E-state index in [0.29, 0.717) is 16.3 Å². The minimum atomic E-state index is -4.52. The molecule has 0 atom stereocenters. The van der Waals surface area contributed by atoms with Crippen molar-refractivity contribution in [3.05, 3.63) is 58.0 Å². The summed E-state index contributed by atoms with van der Waals surface area (Å²) in [6, 6.07) is 6.51. The van der Waals surface area contributed by atoms with Crippen LogP contribution in [0.1, 0.15) is 15.9 Å². The fourth-order valence-corrected chi connectivity index (χ4v) is 2.02. The van der Waals surface area contributed by atoms with Crippen LogP contribution in [-0.4, -0.2) is 21.8 Å². The zero-order valence-corrected chi connectivity index (χ0v) is 11.5. The molecule has 7 heteroatoms. The summed E-state index contributed by atoms with van der Waals surface area (Å²) >= 11 is 0. The second-order valence-corrected chi connectivity index (χ2v) is 4.87. The molecule has 0 bridgehead atoms. The molecule has 0 spiro atoms. The minimum Gasteiger partial charge on any atom is -0.477 e. The van der Waals surface area contributed by atoms with Gasteiger partial charge in [0, 0.05) is 18.0 Å². The highest BCUT2D eigenvalue weighted by atomic mass is 19.4. The van der Waals surface area contributed by atoms with Gasteiger partial charge in [-0.3, -0.25) is 4.79 Å². The second-order valence-electron chi connectivity index (χ2n) is 4.87. The number of carbonyl (C=O) groups is 1. The molecule has 0 fully saturated rings. The first kappa shape index (κ1) is 15.8. The third-order valence-corrected chi connectivity index (χ3v) is 3.03. The highest BCUT2D eigenvalue weighted by Gasteiger charge is 2.28. The number of aryl methyl sites for hydroxylation is 1. The predicted molar refractivity (Wildman–Crippen MR) is 73.9 cm³/mol. The van der Waals surface area contributed by atoms with Gasteiger partial charge in [0.1, 0.15) is 12.1 Å². The van der Waals surface area contributed by atoms with E-state index in [2.05, 4.69) is 0 Å². The maximum absolute atomic E-state index is 12.5. The van der Waals surface area contributed by atoms with E-state index in [4.69, 9.17) is 5.11 Å². The third kappa shape index (κ3) is 3.55. The van der Waals surface area contributed by atoms with Gasteiger partial charge in [0.15, 0.2) is 0 Å². The van der Waals surface area contributed by atoms with E-state index in [1.54, 1.807) is 24.3 Å². The lowest BCUT2D eigenvalue weighted by atomic mass is 10.0. The summed E-state index contributed by atoms with van der Waals surface area (Å²) < 4.78 is 38.2. The van der Waals surface area contributed by atoms with Crippen LogP contribution in [0.3, 0.4) is 0 Å². The van der Waals surface area contributed by atoms with Crippen molar-refractivity contribution in [2.75, 3.05) is 0 Å². The molecule has 0 saturated heterocycles. The van der Waals surface area contributed by atoms with E-state index in [1.807, 2.05) is 6.92 Å². The van der Waals surface area contributed by atoms with E-state index >= 15 is 0 Å². The lowest BCUT2D eigenvalue weighted by Gasteiger charge is -2.13. The molecule has 0 unspecified atom stereocenters. The molecular weight excluding hydrogens is 299 g/mol. The lowest BCUT2D eigenvalue weighted by Crippen LogP contribution is -2.24. The molecule has 0 aliphatic rings. The molecule has 1 heterocycles. The van der Waals surface area contributed by atoms with Crippen LogP contribution in [0.2, 0.25) is 0 Å². The maximum atomic E-state index is 12.5. The summed E-state index contributed by atoms with van der Waals surface area (Å²) in [6.07, 6.45) is -2.79. The SMILES string of the molecule is Cc1ccc(-c2cn(CC(F)(F)F)cc(C(=O)O)c2=O)cc1. The molecule has 1 aromatic heterocycles. The van der Waals surface area contributed by atoms with Crippen molar-refractivity contribution in [3.8, 4) is 11.1 Å². The van der Waals surface area contributed by atoms with Crippen LogP contribution in [0.25, 0.3) is 11.1 Å². The Morgan fingerprint density at radius 3 is 2.27 bits per heavy atom. The van der Waals surface area contributed by atoms with Crippen LogP contribution in [-0.2, 0) is 6.54 Å². The largest absolute Gasteiger partial charge is 0.477 e. The molecule has 0 amide bonds. The normalized spacial score (nSPS) is 11.5. The maximum Gasteiger partial charge on any atom is 0.406 e. The van der Waals surface area contributed by atoms with E-state index in [-0.39, 0.29) is 5.56 Å². The number of alkyl halides is 3. The van der Waals surface area contributed by atoms with Crippen molar-refractivity contribution in [2.24, 2.45) is 0 Å². The Bertz CT molecular complexity index is 761. The highest BCUT2D eigenvalue weighted by molar-refractivity contribution is 5.88. The molecule has 2 rings (SSSR count). The molecule has 4 nitrogen and oxygen atoms in total. The number of aromatic carboxylic acids is 1. The van der Waals surface area contributed by atoms with Gasteiger partial charge >= 0.3 is 12.1 Å². The number of hydrogen-bond donors (Lipinski definition) is 1. The van der Waals surface area contributed by atoms with Gasteiger partial charge in [0.2, 0.25) is 5.43 Å². The molecule has 1 aromatic carbocycles. The Labute approximate surface area is 123 Å². The lowest BCUT2D eigenvalue weighted by molar-refractivity contribution is -0.140. The van der Waals surface area contributed by atoms with Crippen LogP contribution in [0.5, 0.6) is 0 Å². The summed E-state index contributed by atoms with van der Waals surface area (Å²) in [5.74, 6) is -1.56. The summed E-state index contributed by atoms with van der Waals surface area (Å²) in [6.45, 7) is 0.450. The van der Waals surface area contributed by atoms with E-state index in [9.17, 15) is 22.8 Å². The first-order valence-electron chi connectivity index (χ1n) is 6.28. The van der Waals surface area contributed by atoms with E-state index < -0.39 is 29.7 Å². The van der Waals surface area contributed by atoms with Gasteiger partial charge in [-0.2, -0.15) is 13.2 Å². The van der Waals surface area contributed by atoms with Crippen molar-refractivity contribution in [3.63, 3.8) is 0 Å². The third-order valence-electron chi connectivity index (χ3n) is 3.03. The molecule has 1 N–H and O–H groups in total. The number of nitrogens with zero attached hydrogens (tertiary/aromatic N) is 1. The van der Waals surface area contributed by atoms with Gasteiger partial charge in [-0.1, -0.05) is 29.8 Å². The Kier molecular flexibility index (Phi) is 4.07. The number of carboxylic acid groups (broad SMARTS) is 1. The summed E-state index contributed by atoms with van der Waals surface area (Å²) in [5, 5.41) is 9.01. The van der Waals surface area contributed by atoms with Crippen molar-refractivity contribution in [1.82, 2.24) is 4.57 Å². The number of aromatic nitrogens is 1. The first-order valence-corrected chi connectivity index (χ1v) is 6.28. The topological polar surface area (TPSA) is 59.3 Å². The van der Waals surface area contributed by atoms with Gasteiger partial charge in [0.05, 0.1) is 0 Å². The van der Waals surface area contributed by atoms with Crippen LogP contribution in [0.15, 0.2) is 41.5 Å². The fraction of sp³-hybridized carbons (Fsp3) is 0.200. The number of carboxylic acids is 1. The number of hydrogen-bond acceptors (Lipinski definition) is 2. The Hall–Kier alpha value is -2.57.